The summed E-state index contributed by atoms with van der Waals surface area (Å²) in [5.41, 5.74) is 7.60. The van der Waals surface area contributed by atoms with Crippen molar-refractivity contribution in [2.24, 2.45) is 0 Å². The smallest absolute Gasteiger partial charge is 0.337 e. The minimum Gasteiger partial charge on any atom is -0.478 e. The summed E-state index contributed by atoms with van der Waals surface area (Å²) in [5.74, 6) is -1.19. The molecule has 4 heterocycles. The van der Waals surface area contributed by atoms with Gasteiger partial charge in [0.25, 0.3) is 5.91 Å². The molecule has 0 fully saturated rings. The predicted molar refractivity (Wildman–Crippen MR) is 103 cm³/mol. The van der Waals surface area contributed by atoms with Crippen LogP contribution in [0.5, 0.6) is 0 Å². The lowest BCUT2D eigenvalue weighted by molar-refractivity contribution is -0.113. The number of nitrogens with two attached hydrogens (primary N) is 1. The van der Waals surface area contributed by atoms with E-state index in [-0.39, 0.29) is 34.7 Å². The van der Waals surface area contributed by atoms with E-state index in [4.69, 9.17) is 22.4 Å². The minimum absolute atomic E-state index is 0.0424. The zero-order valence-electron chi connectivity index (χ0n) is 14.3. The number of hydrogen-bond donors (Lipinski definition) is 3. The molecular weight excluding hydrogens is 384 g/mol. The number of pyridine rings is 1. The summed E-state index contributed by atoms with van der Waals surface area (Å²) in [6.45, 7) is 0.217. The maximum Gasteiger partial charge on any atom is 0.337 e. The van der Waals surface area contributed by atoms with E-state index in [1.165, 1.54) is 23.2 Å². The number of nitrogen functional groups attached to an aromatic ring is 1. The van der Waals surface area contributed by atoms with Crippen LogP contribution in [0.15, 0.2) is 36.8 Å². The third-order valence-electron chi connectivity index (χ3n) is 4.18. The Hall–Kier alpha value is -3.72. The van der Waals surface area contributed by atoms with E-state index in [1.54, 1.807) is 18.5 Å². The third-order valence-corrected chi connectivity index (χ3v) is 4.45. The first-order valence-corrected chi connectivity index (χ1v) is 8.49. The van der Waals surface area contributed by atoms with E-state index in [0.29, 0.717) is 17.1 Å². The van der Waals surface area contributed by atoms with Crippen molar-refractivity contribution >= 4 is 46.9 Å². The first-order chi connectivity index (χ1) is 13.4. The molecule has 10 heteroatoms. The first-order valence-electron chi connectivity index (χ1n) is 8.11. The Balaban J connectivity index is 1.81. The topological polar surface area (TPSA) is 138 Å². The van der Waals surface area contributed by atoms with Gasteiger partial charge in [0.15, 0.2) is 5.82 Å². The van der Waals surface area contributed by atoms with Crippen molar-refractivity contribution < 1.29 is 14.7 Å². The molecule has 3 aromatic heterocycles. The van der Waals surface area contributed by atoms with Crippen molar-refractivity contribution in [2.45, 2.75) is 6.54 Å². The van der Waals surface area contributed by atoms with Crippen LogP contribution in [-0.4, -0.2) is 36.9 Å². The normalized spacial score (nSPS) is 14.5. The maximum absolute atomic E-state index is 13.1. The summed E-state index contributed by atoms with van der Waals surface area (Å²) in [6.07, 6.45) is 6.13. The van der Waals surface area contributed by atoms with Gasteiger partial charge >= 0.3 is 5.97 Å². The van der Waals surface area contributed by atoms with Crippen LogP contribution in [0.4, 0.5) is 11.8 Å². The monoisotopic (exact) mass is 396 g/mol. The lowest BCUT2D eigenvalue weighted by Gasteiger charge is -2.16. The second-order valence-electron chi connectivity index (χ2n) is 6.03. The largest absolute Gasteiger partial charge is 0.478 e. The molecule has 0 aliphatic carbocycles. The zero-order chi connectivity index (χ0) is 19.8. The number of carboxylic acid groups (broad SMARTS) is 1. The predicted octanol–water partition coefficient (Wildman–Crippen LogP) is 2.22. The van der Waals surface area contributed by atoms with E-state index < -0.39 is 5.97 Å². The van der Waals surface area contributed by atoms with Gasteiger partial charge in [-0.25, -0.2) is 9.78 Å². The molecule has 0 saturated heterocycles. The number of nitrogens with zero attached hydrogens (tertiary/aromatic N) is 4. The Morgan fingerprint density at radius 3 is 2.89 bits per heavy atom. The molecule has 140 valence electrons. The molecule has 0 spiro atoms. The minimum atomic E-state index is -1.08. The molecule has 9 nitrogen and oxygen atoms in total. The molecular formula is C18H13ClN6O3. The second-order valence-corrected chi connectivity index (χ2v) is 6.39. The van der Waals surface area contributed by atoms with Gasteiger partial charge in [0, 0.05) is 24.3 Å². The number of aromatic amines is 1. The molecule has 1 aliphatic heterocycles. The molecule has 3 aromatic rings. The number of aromatic nitrogens is 4. The maximum atomic E-state index is 13.1. The van der Waals surface area contributed by atoms with Gasteiger partial charge in [0.05, 0.1) is 23.2 Å². The van der Waals surface area contributed by atoms with E-state index >= 15 is 0 Å². The van der Waals surface area contributed by atoms with Crippen LogP contribution in [-0.2, 0) is 11.3 Å². The molecule has 0 saturated carbocycles. The van der Waals surface area contributed by atoms with Crippen LogP contribution in [0.25, 0.3) is 11.6 Å². The summed E-state index contributed by atoms with van der Waals surface area (Å²) in [6, 6.07) is 5.01. The van der Waals surface area contributed by atoms with E-state index in [9.17, 15) is 9.59 Å². The quantitative estimate of drug-likeness (QED) is 0.454. The average molecular weight is 397 g/mol. The number of halogens is 1. The summed E-state index contributed by atoms with van der Waals surface area (Å²) < 4.78 is 0. The van der Waals surface area contributed by atoms with Crippen LogP contribution in [0.1, 0.15) is 27.2 Å². The Bertz CT molecular complexity index is 1130. The number of anilines is 2. The van der Waals surface area contributed by atoms with Gasteiger partial charge in [-0.05, 0) is 23.8 Å². The average Bonchev–Trinajstić information content (AvgIpc) is 3.22. The Morgan fingerprint density at radius 2 is 2.21 bits per heavy atom. The van der Waals surface area contributed by atoms with Crippen LogP contribution < -0.4 is 10.6 Å². The van der Waals surface area contributed by atoms with Gasteiger partial charge in [-0.15, -0.1) is 0 Å². The van der Waals surface area contributed by atoms with Crippen molar-refractivity contribution in [3.63, 3.8) is 0 Å². The molecule has 1 amide bonds. The second kappa shape index (κ2) is 6.78. The van der Waals surface area contributed by atoms with Crippen LogP contribution >= 0.6 is 11.6 Å². The lowest BCUT2D eigenvalue weighted by Crippen LogP contribution is -2.26. The Labute approximate surface area is 163 Å². The number of aromatic carboxylic acids is 1. The summed E-state index contributed by atoms with van der Waals surface area (Å²) in [5, 5.41) is 9.12. The summed E-state index contributed by atoms with van der Waals surface area (Å²) in [7, 11) is 0. The molecule has 28 heavy (non-hydrogen) atoms. The number of nitrogens with one attached hydrogen (secondary N) is 1. The number of fused-ring (bicyclic) bond motifs is 1. The number of carbonyl (C=O) groups excluding carboxylic acids is 1. The number of hydrogen-bond acceptors (Lipinski definition) is 6. The zero-order valence-corrected chi connectivity index (χ0v) is 15.0. The summed E-state index contributed by atoms with van der Waals surface area (Å²) in [4.78, 5) is 40.6. The van der Waals surface area contributed by atoms with E-state index in [0.717, 1.165) is 5.56 Å². The van der Waals surface area contributed by atoms with Crippen LogP contribution in [0.3, 0.4) is 0 Å². The number of carboxylic acids is 1. The molecule has 0 unspecified atom stereocenters. The highest BCUT2D eigenvalue weighted by molar-refractivity contribution is 6.41. The number of carbonyl (C=O) groups is 2. The number of rotatable bonds is 4. The Morgan fingerprint density at radius 1 is 1.39 bits per heavy atom. The fourth-order valence-electron chi connectivity index (χ4n) is 2.94. The standard InChI is InChI=1S/C18H13ClN6O3/c19-14-13-12(5-11-4-10(7-22-11)17(27)28)16(26)25(15(13)24-18(20)23-14)8-9-2-1-3-21-6-9/h1-7,22H,8H2,(H,27,28)(H2,20,23,24). The van der Waals surface area contributed by atoms with Gasteiger partial charge in [-0.1, -0.05) is 17.7 Å². The van der Waals surface area contributed by atoms with Gasteiger partial charge in [-0.3, -0.25) is 14.7 Å². The summed E-state index contributed by atoms with van der Waals surface area (Å²) >= 11 is 6.26. The Kier molecular flexibility index (Phi) is 4.28. The SMILES string of the molecule is Nc1nc(Cl)c2c(n1)N(Cc1cccnc1)C(=O)C2=Cc1cc(C(=O)O)c[nH]1. The number of amides is 1. The van der Waals surface area contributed by atoms with Crippen molar-refractivity contribution in [3.8, 4) is 0 Å². The van der Waals surface area contributed by atoms with E-state index in [2.05, 4.69) is 19.9 Å². The third kappa shape index (κ3) is 3.08. The van der Waals surface area contributed by atoms with Gasteiger partial charge in [0.1, 0.15) is 5.15 Å². The molecule has 4 N–H and O–H groups in total. The highest BCUT2D eigenvalue weighted by Gasteiger charge is 2.37. The molecule has 0 bridgehead atoms. The van der Waals surface area contributed by atoms with Crippen molar-refractivity contribution in [2.75, 3.05) is 10.6 Å². The van der Waals surface area contributed by atoms with Crippen molar-refractivity contribution in [1.82, 2.24) is 19.9 Å². The lowest BCUT2D eigenvalue weighted by atomic mass is 10.1. The molecule has 4 rings (SSSR count). The van der Waals surface area contributed by atoms with E-state index in [1.807, 2.05) is 6.07 Å². The molecule has 0 radical (unpaired) electrons. The van der Waals surface area contributed by atoms with Gasteiger partial charge in [-0.2, -0.15) is 4.98 Å². The fraction of sp³-hybridized carbons (Fsp3) is 0.0556. The first kappa shape index (κ1) is 17.7. The number of H-pyrrole nitrogens is 1. The van der Waals surface area contributed by atoms with Crippen LogP contribution in [0.2, 0.25) is 5.15 Å². The fourth-order valence-corrected chi connectivity index (χ4v) is 3.22. The molecule has 0 aromatic carbocycles. The molecule has 0 atom stereocenters. The van der Waals surface area contributed by atoms with Crippen molar-refractivity contribution in [1.29, 1.82) is 0 Å². The van der Waals surface area contributed by atoms with Crippen molar-refractivity contribution in [3.05, 3.63) is 64.3 Å². The molecule has 1 aliphatic rings. The van der Waals surface area contributed by atoms with Gasteiger partial charge in [0.2, 0.25) is 5.95 Å². The van der Waals surface area contributed by atoms with Crippen LogP contribution in [0, 0.1) is 0 Å². The van der Waals surface area contributed by atoms with Gasteiger partial charge < -0.3 is 15.8 Å². The highest BCUT2D eigenvalue weighted by Crippen LogP contribution is 2.41. The highest BCUT2D eigenvalue weighted by atomic mass is 35.5.